The first-order valence-corrected chi connectivity index (χ1v) is 10.1. The Kier molecular flexibility index (Phi) is 6.28. The normalized spacial score (nSPS) is 17.0. The molecule has 2 aromatic rings. The highest BCUT2D eigenvalue weighted by Crippen LogP contribution is 2.33. The fraction of sp³-hybridized carbons (Fsp3) is 0.458. The van der Waals surface area contributed by atoms with Gasteiger partial charge in [0.2, 0.25) is 0 Å². The smallest absolute Gasteiger partial charge is 0.261 e. The molecule has 150 valence electrons. The van der Waals surface area contributed by atoms with Gasteiger partial charge in [0, 0.05) is 0 Å². The number of hydrogen-bond acceptors (Lipinski definition) is 3. The quantitative estimate of drug-likeness (QED) is 0.758. The van der Waals surface area contributed by atoms with E-state index in [2.05, 4.69) is 43.4 Å². The Morgan fingerprint density at radius 1 is 1.14 bits per heavy atom. The van der Waals surface area contributed by atoms with Crippen LogP contribution in [0.2, 0.25) is 0 Å². The summed E-state index contributed by atoms with van der Waals surface area (Å²) in [7, 11) is 1.68. The van der Waals surface area contributed by atoms with E-state index in [4.69, 9.17) is 9.47 Å². The lowest BCUT2D eigenvalue weighted by atomic mass is 9.87. The molecule has 2 unspecified atom stereocenters. The van der Waals surface area contributed by atoms with Gasteiger partial charge in [-0.1, -0.05) is 32.0 Å². The van der Waals surface area contributed by atoms with E-state index in [9.17, 15) is 4.79 Å². The van der Waals surface area contributed by atoms with Crippen molar-refractivity contribution < 1.29 is 14.3 Å². The number of ether oxygens (including phenoxy) is 2. The number of hydrogen-bond donors (Lipinski definition) is 1. The van der Waals surface area contributed by atoms with Crippen molar-refractivity contribution in [1.82, 2.24) is 5.32 Å². The van der Waals surface area contributed by atoms with E-state index in [1.807, 2.05) is 26.0 Å². The fourth-order valence-electron chi connectivity index (χ4n) is 3.82. The lowest BCUT2D eigenvalue weighted by molar-refractivity contribution is -0.128. The molecule has 0 saturated carbocycles. The molecule has 1 aliphatic rings. The average molecular weight is 382 g/mol. The van der Waals surface area contributed by atoms with E-state index < -0.39 is 6.10 Å². The van der Waals surface area contributed by atoms with E-state index in [0.29, 0.717) is 5.92 Å². The molecule has 28 heavy (non-hydrogen) atoms. The number of carbonyl (C=O) groups is 1. The van der Waals surface area contributed by atoms with E-state index in [1.54, 1.807) is 7.11 Å². The van der Waals surface area contributed by atoms with Gasteiger partial charge in [0.1, 0.15) is 11.5 Å². The number of aryl methyl sites for hydroxylation is 2. The molecule has 2 atom stereocenters. The zero-order chi connectivity index (χ0) is 20.3. The number of nitrogens with one attached hydrogen (secondary N) is 1. The molecule has 0 bridgehead atoms. The first-order chi connectivity index (χ1) is 13.4. The van der Waals surface area contributed by atoms with Gasteiger partial charge in [-0.05, 0) is 79.5 Å². The van der Waals surface area contributed by atoms with Gasteiger partial charge in [-0.2, -0.15) is 0 Å². The maximum atomic E-state index is 12.9. The third kappa shape index (κ3) is 4.49. The van der Waals surface area contributed by atoms with Crippen LogP contribution in [0.1, 0.15) is 67.8 Å². The molecule has 0 aliphatic heterocycles. The van der Waals surface area contributed by atoms with E-state index in [-0.39, 0.29) is 11.9 Å². The molecule has 0 fully saturated rings. The predicted molar refractivity (Wildman–Crippen MR) is 112 cm³/mol. The van der Waals surface area contributed by atoms with Crippen LogP contribution in [0.3, 0.4) is 0 Å². The molecule has 0 radical (unpaired) electrons. The third-order valence-corrected chi connectivity index (χ3v) is 5.45. The zero-order valence-corrected chi connectivity index (χ0v) is 17.5. The summed E-state index contributed by atoms with van der Waals surface area (Å²) in [5, 5.41) is 3.19. The molecule has 0 heterocycles. The monoisotopic (exact) mass is 381 g/mol. The Balaban J connectivity index is 1.72. The summed E-state index contributed by atoms with van der Waals surface area (Å²) in [5.41, 5.74) is 4.69. The summed E-state index contributed by atoms with van der Waals surface area (Å²) in [6.07, 6.45) is 2.46. The van der Waals surface area contributed by atoms with Crippen molar-refractivity contribution >= 4 is 5.91 Å². The van der Waals surface area contributed by atoms with Crippen LogP contribution in [0.5, 0.6) is 11.5 Å². The molecule has 2 aromatic carbocycles. The summed E-state index contributed by atoms with van der Waals surface area (Å²) in [6, 6.07) is 12.3. The largest absolute Gasteiger partial charge is 0.497 e. The lowest BCUT2D eigenvalue weighted by Gasteiger charge is -2.28. The minimum absolute atomic E-state index is 0.0234. The number of benzene rings is 2. The average Bonchev–Trinajstić information content (AvgIpc) is 2.67. The van der Waals surface area contributed by atoms with Crippen molar-refractivity contribution in [2.45, 2.75) is 65.0 Å². The van der Waals surface area contributed by atoms with Crippen LogP contribution in [0.4, 0.5) is 0 Å². The molecule has 1 amide bonds. The number of carbonyl (C=O) groups excluding carboxylic acids is 1. The maximum absolute atomic E-state index is 12.9. The third-order valence-electron chi connectivity index (χ3n) is 5.45. The zero-order valence-electron chi connectivity index (χ0n) is 17.5. The Bertz CT molecular complexity index is 844. The number of rotatable bonds is 6. The topological polar surface area (TPSA) is 47.6 Å². The number of methoxy groups -OCH3 is 1. The van der Waals surface area contributed by atoms with E-state index in [1.165, 1.54) is 11.1 Å². The van der Waals surface area contributed by atoms with Crippen LogP contribution in [0.25, 0.3) is 0 Å². The van der Waals surface area contributed by atoms with Crippen LogP contribution >= 0.6 is 0 Å². The van der Waals surface area contributed by atoms with E-state index >= 15 is 0 Å². The van der Waals surface area contributed by atoms with Crippen LogP contribution in [0, 0.1) is 6.92 Å². The second-order valence-electron chi connectivity index (χ2n) is 7.97. The summed E-state index contributed by atoms with van der Waals surface area (Å²) >= 11 is 0. The van der Waals surface area contributed by atoms with Gasteiger partial charge in [0.15, 0.2) is 6.10 Å². The van der Waals surface area contributed by atoms with Gasteiger partial charge in [0.25, 0.3) is 5.91 Å². The molecule has 3 rings (SSSR count). The Hall–Kier alpha value is -2.49. The summed E-state index contributed by atoms with van der Waals surface area (Å²) in [5.74, 6) is 1.92. The van der Waals surface area contributed by atoms with Gasteiger partial charge in [-0.3, -0.25) is 4.79 Å². The van der Waals surface area contributed by atoms with Gasteiger partial charge >= 0.3 is 0 Å². The predicted octanol–water partition coefficient (Wildman–Crippen LogP) is 5.09. The van der Waals surface area contributed by atoms with Gasteiger partial charge in [-0.15, -0.1) is 0 Å². The summed E-state index contributed by atoms with van der Waals surface area (Å²) < 4.78 is 11.4. The Morgan fingerprint density at radius 3 is 2.64 bits per heavy atom. The minimum atomic E-state index is -0.553. The molecule has 4 nitrogen and oxygen atoms in total. The van der Waals surface area contributed by atoms with Crippen molar-refractivity contribution in [1.29, 1.82) is 0 Å². The van der Waals surface area contributed by atoms with Crippen LogP contribution < -0.4 is 14.8 Å². The standard InChI is InChI=1S/C24H31NO3/c1-15(2)20-11-9-16(3)13-23(20)28-17(4)24(26)25-22-8-6-7-18-14-19(27-5)10-12-21(18)22/h9-15,17,22H,6-8H2,1-5H3,(H,25,26). The Labute approximate surface area is 168 Å². The summed E-state index contributed by atoms with van der Waals surface area (Å²) in [4.78, 5) is 12.9. The second-order valence-corrected chi connectivity index (χ2v) is 7.97. The van der Waals surface area contributed by atoms with Crippen molar-refractivity contribution in [3.63, 3.8) is 0 Å². The SMILES string of the molecule is COc1ccc2c(c1)CCCC2NC(=O)C(C)Oc1cc(C)ccc1C(C)C. The molecule has 1 aliphatic carbocycles. The molecule has 0 spiro atoms. The maximum Gasteiger partial charge on any atom is 0.261 e. The van der Waals surface area contributed by atoms with Crippen molar-refractivity contribution in [2.24, 2.45) is 0 Å². The second kappa shape index (κ2) is 8.68. The van der Waals surface area contributed by atoms with Crippen LogP contribution in [-0.2, 0) is 11.2 Å². The molecule has 1 N–H and O–H groups in total. The fourth-order valence-corrected chi connectivity index (χ4v) is 3.82. The van der Waals surface area contributed by atoms with Crippen LogP contribution in [0.15, 0.2) is 36.4 Å². The molecular weight excluding hydrogens is 350 g/mol. The Morgan fingerprint density at radius 2 is 1.93 bits per heavy atom. The summed E-state index contributed by atoms with van der Waals surface area (Å²) in [6.45, 7) is 8.12. The highest BCUT2D eigenvalue weighted by Gasteiger charge is 2.25. The van der Waals surface area contributed by atoms with Gasteiger partial charge in [-0.25, -0.2) is 0 Å². The van der Waals surface area contributed by atoms with E-state index in [0.717, 1.165) is 41.9 Å². The minimum Gasteiger partial charge on any atom is -0.497 e. The lowest BCUT2D eigenvalue weighted by Crippen LogP contribution is -2.39. The van der Waals surface area contributed by atoms with Crippen molar-refractivity contribution in [2.75, 3.05) is 7.11 Å². The first kappa shape index (κ1) is 20.2. The van der Waals surface area contributed by atoms with Crippen LogP contribution in [-0.4, -0.2) is 19.1 Å². The first-order valence-electron chi connectivity index (χ1n) is 10.1. The molecule has 4 heteroatoms. The van der Waals surface area contributed by atoms with Gasteiger partial charge in [0.05, 0.1) is 13.2 Å². The van der Waals surface area contributed by atoms with Crippen molar-refractivity contribution in [3.05, 3.63) is 58.7 Å². The highest BCUT2D eigenvalue weighted by molar-refractivity contribution is 5.81. The van der Waals surface area contributed by atoms with Gasteiger partial charge < -0.3 is 14.8 Å². The van der Waals surface area contributed by atoms with Crippen molar-refractivity contribution in [3.8, 4) is 11.5 Å². The molecule has 0 aromatic heterocycles. The number of amides is 1. The molecular formula is C24H31NO3. The number of fused-ring (bicyclic) bond motifs is 1. The molecule has 0 saturated heterocycles. The highest BCUT2D eigenvalue weighted by atomic mass is 16.5.